The van der Waals surface area contributed by atoms with Crippen molar-refractivity contribution in [3.05, 3.63) is 59.4 Å². The third-order valence-corrected chi connectivity index (χ3v) is 7.31. The monoisotopic (exact) mass is 488 g/mol. The number of nitriles is 1. The Kier molecular flexibility index (Phi) is 5.18. The van der Waals surface area contributed by atoms with E-state index in [2.05, 4.69) is 0 Å². The molecule has 10 heteroatoms. The molecule has 2 aromatic rings. The molecule has 3 heterocycles. The van der Waals surface area contributed by atoms with Gasteiger partial charge in [-0.15, -0.1) is 0 Å². The van der Waals surface area contributed by atoms with Gasteiger partial charge in [-0.1, -0.05) is 0 Å². The van der Waals surface area contributed by atoms with Crippen molar-refractivity contribution in [1.82, 2.24) is 0 Å². The maximum absolute atomic E-state index is 13.5. The van der Waals surface area contributed by atoms with E-state index in [1.54, 1.807) is 6.92 Å². The van der Waals surface area contributed by atoms with E-state index < -0.39 is 58.0 Å². The molecule has 0 saturated carbocycles. The Morgan fingerprint density at radius 3 is 2.46 bits per heavy atom. The Hall–Kier alpha value is -3.45. The maximum Gasteiger partial charge on any atom is 0.417 e. The molecular formula is C25H20F4N2O4. The smallest absolute Gasteiger partial charge is 0.417 e. The van der Waals surface area contributed by atoms with Gasteiger partial charge in [-0.2, -0.15) is 18.4 Å². The quantitative estimate of drug-likeness (QED) is 0.454. The van der Waals surface area contributed by atoms with Gasteiger partial charge >= 0.3 is 6.18 Å². The zero-order valence-corrected chi connectivity index (χ0v) is 18.6. The number of rotatable bonds is 5. The van der Waals surface area contributed by atoms with Crippen LogP contribution in [0.15, 0.2) is 42.5 Å². The summed E-state index contributed by atoms with van der Waals surface area (Å²) < 4.78 is 65.6. The lowest BCUT2D eigenvalue weighted by molar-refractivity contribution is -0.138. The van der Waals surface area contributed by atoms with Crippen LogP contribution < -0.4 is 9.64 Å². The topological polar surface area (TPSA) is 79.6 Å². The molecule has 3 aliphatic rings. The van der Waals surface area contributed by atoms with Crippen molar-refractivity contribution in [2.24, 2.45) is 11.8 Å². The normalized spacial score (nSPS) is 29.4. The van der Waals surface area contributed by atoms with Crippen LogP contribution in [0.5, 0.6) is 5.75 Å². The first kappa shape index (κ1) is 23.3. The number of fused-ring (bicyclic) bond motifs is 5. The van der Waals surface area contributed by atoms with Gasteiger partial charge < -0.3 is 9.47 Å². The second kappa shape index (κ2) is 7.78. The van der Waals surface area contributed by atoms with E-state index in [1.165, 1.54) is 36.4 Å². The summed E-state index contributed by atoms with van der Waals surface area (Å²) in [6.45, 7) is 1.89. The molecule has 0 unspecified atom stereocenters. The molecule has 6 nitrogen and oxygen atoms in total. The van der Waals surface area contributed by atoms with Gasteiger partial charge in [-0.05, 0) is 62.2 Å². The summed E-state index contributed by atoms with van der Waals surface area (Å²) in [6.07, 6.45) is -3.55. The molecule has 4 atom stereocenters. The highest BCUT2D eigenvalue weighted by atomic mass is 19.4. The third-order valence-electron chi connectivity index (χ3n) is 7.31. The predicted molar refractivity (Wildman–Crippen MR) is 114 cm³/mol. The fourth-order valence-corrected chi connectivity index (χ4v) is 5.74. The van der Waals surface area contributed by atoms with Gasteiger partial charge in [0.05, 0.1) is 52.5 Å². The largest absolute Gasteiger partial charge is 0.493 e. The molecule has 0 spiro atoms. The fraction of sp³-hybridized carbons (Fsp3) is 0.400. The standard InChI is InChI=1S/C25H20F4N2O4/c1-23-8-9-24(35-23,10-11-34-17-6-3-15(26)4-7-17)20-19(23)21(32)31(22(20)33)16-5-2-14(13-30)18(12-16)25(27,28)29/h2-7,12,19-20H,8-11H2,1H3/t19-,20+,23-,24-/m1/s1. The minimum absolute atomic E-state index is 0.140. The SMILES string of the molecule is C[C@]12CC[C@](CCOc3ccc(F)cc3)(O1)[C@@H]1C(=O)N(c3ccc(C#N)c(C(F)(F)F)c3)C(=O)[C@@H]12. The van der Waals surface area contributed by atoms with Crippen molar-refractivity contribution in [3.63, 3.8) is 0 Å². The minimum Gasteiger partial charge on any atom is -0.493 e. The van der Waals surface area contributed by atoms with Crippen LogP contribution in [0.4, 0.5) is 23.2 Å². The first-order valence-electron chi connectivity index (χ1n) is 11.1. The Bertz CT molecular complexity index is 1260. The minimum atomic E-state index is -4.82. The molecule has 5 rings (SSSR count). The Morgan fingerprint density at radius 1 is 1.11 bits per heavy atom. The molecule has 2 aromatic carbocycles. The number of imide groups is 1. The number of hydrogen-bond donors (Lipinski definition) is 0. The first-order valence-corrected chi connectivity index (χ1v) is 11.1. The predicted octanol–water partition coefficient (Wildman–Crippen LogP) is 4.61. The maximum atomic E-state index is 13.5. The van der Waals surface area contributed by atoms with Crippen LogP contribution in [0.25, 0.3) is 0 Å². The van der Waals surface area contributed by atoms with Crippen LogP contribution >= 0.6 is 0 Å². The molecule has 182 valence electrons. The van der Waals surface area contributed by atoms with Crippen LogP contribution in [-0.4, -0.2) is 29.6 Å². The van der Waals surface area contributed by atoms with Crippen molar-refractivity contribution >= 4 is 17.5 Å². The van der Waals surface area contributed by atoms with E-state index >= 15 is 0 Å². The van der Waals surface area contributed by atoms with E-state index in [1.807, 2.05) is 0 Å². The number of amides is 2. The molecular weight excluding hydrogens is 468 g/mol. The number of nitrogens with zero attached hydrogens (tertiary/aromatic N) is 2. The van der Waals surface area contributed by atoms with Crippen LogP contribution in [-0.2, 0) is 20.5 Å². The number of halogens is 4. The Morgan fingerprint density at radius 2 is 1.80 bits per heavy atom. The van der Waals surface area contributed by atoms with Gasteiger partial charge in [0.1, 0.15) is 11.6 Å². The lowest BCUT2D eigenvalue weighted by atomic mass is 9.67. The summed E-state index contributed by atoms with van der Waals surface area (Å²) in [5.74, 6) is -2.90. The van der Waals surface area contributed by atoms with E-state index in [9.17, 15) is 27.2 Å². The lowest BCUT2D eigenvalue weighted by Crippen LogP contribution is -2.43. The van der Waals surface area contributed by atoms with E-state index in [4.69, 9.17) is 14.7 Å². The van der Waals surface area contributed by atoms with Gasteiger partial charge in [-0.3, -0.25) is 9.59 Å². The first-order chi connectivity index (χ1) is 16.5. The number of benzene rings is 2. The van der Waals surface area contributed by atoms with Gasteiger partial charge in [0.25, 0.3) is 0 Å². The Balaban J connectivity index is 1.43. The number of alkyl halides is 3. The molecule has 2 bridgehead atoms. The molecule has 3 saturated heterocycles. The highest BCUT2D eigenvalue weighted by Gasteiger charge is 2.73. The highest BCUT2D eigenvalue weighted by molar-refractivity contribution is 6.23. The van der Waals surface area contributed by atoms with Gasteiger partial charge in [0.15, 0.2) is 0 Å². The summed E-state index contributed by atoms with van der Waals surface area (Å²) in [4.78, 5) is 27.7. The van der Waals surface area contributed by atoms with Crippen molar-refractivity contribution in [1.29, 1.82) is 5.26 Å². The summed E-state index contributed by atoms with van der Waals surface area (Å²) in [7, 11) is 0. The molecule has 3 aliphatic heterocycles. The summed E-state index contributed by atoms with van der Waals surface area (Å²) >= 11 is 0. The summed E-state index contributed by atoms with van der Waals surface area (Å²) in [6, 6.07) is 9.77. The lowest BCUT2D eigenvalue weighted by Gasteiger charge is -2.31. The van der Waals surface area contributed by atoms with E-state index in [-0.39, 0.29) is 18.7 Å². The number of hydrogen-bond acceptors (Lipinski definition) is 5. The molecule has 0 radical (unpaired) electrons. The number of carbonyl (C=O) groups excluding carboxylic acids is 2. The summed E-state index contributed by atoms with van der Waals surface area (Å²) in [5, 5.41) is 9.05. The van der Waals surface area contributed by atoms with Gasteiger partial charge in [0.2, 0.25) is 11.8 Å². The zero-order chi connectivity index (χ0) is 25.2. The van der Waals surface area contributed by atoms with Crippen molar-refractivity contribution in [3.8, 4) is 11.8 Å². The van der Waals surface area contributed by atoms with Crippen LogP contribution in [0.2, 0.25) is 0 Å². The van der Waals surface area contributed by atoms with Gasteiger partial charge in [0, 0.05) is 6.42 Å². The third kappa shape index (κ3) is 3.57. The summed E-state index contributed by atoms with van der Waals surface area (Å²) in [5.41, 5.74) is -3.95. The van der Waals surface area contributed by atoms with E-state index in [0.717, 1.165) is 11.0 Å². The van der Waals surface area contributed by atoms with Crippen molar-refractivity contribution in [2.75, 3.05) is 11.5 Å². The average Bonchev–Trinajstić information content (AvgIpc) is 3.38. The number of ether oxygens (including phenoxy) is 2. The molecule has 2 amide bonds. The number of carbonyl (C=O) groups is 2. The molecule has 3 fully saturated rings. The zero-order valence-electron chi connectivity index (χ0n) is 18.6. The number of anilines is 1. The van der Waals surface area contributed by atoms with Crippen molar-refractivity contribution < 1.29 is 36.6 Å². The molecule has 0 N–H and O–H groups in total. The molecule has 35 heavy (non-hydrogen) atoms. The second-order valence-corrected chi connectivity index (χ2v) is 9.34. The second-order valence-electron chi connectivity index (χ2n) is 9.34. The van der Waals surface area contributed by atoms with Gasteiger partial charge in [-0.25, -0.2) is 9.29 Å². The highest BCUT2D eigenvalue weighted by Crippen LogP contribution is 2.62. The van der Waals surface area contributed by atoms with E-state index in [0.29, 0.717) is 24.7 Å². The fourth-order valence-electron chi connectivity index (χ4n) is 5.74. The molecule has 0 aliphatic carbocycles. The Labute approximate surface area is 198 Å². The van der Waals surface area contributed by atoms with Crippen LogP contribution in [0.3, 0.4) is 0 Å². The van der Waals surface area contributed by atoms with Crippen LogP contribution in [0, 0.1) is 29.0 Å². The van der Waals surface area contributed by atoms with Crippen molar-refractivity contribution in [2.45, 2.75) is 43.6 Å². The average molecular weight is 488 g/mol. The molecule has 0 aromatic heterocycles. The van der Waals surface area contributed by atoms with Crippen LogP contribution in [0.1, 0.15) is 37.3 Å².